The lowest BCUT2D eigenvalue weighted by atomic mass is 10.3. The van der Waals surface area contributed by atoms with Crippen molar-refractivity contribution < 1.29 is 4.74 Å². The van der Waals surface area contributed by atoms with E-state index in [0.29, 0.717) is 6.04 Å². The van der Waals surface area contributed by atoms with Gasteiger partial charge in [0.05, 0.1) is 0 Å². The first-order valence-electron chi connectivity index (χ1n) is 3.09. The minimum atomic E-state index is 0.491. The van der Waals surface area contributed by atoms with Gasteiger partial charge in [0.1, 0.15) is 0 Å². The van der Waals surface area contributed by atoms with Crippen LogP contribution < -0.4 is 5.73 Å². The summed E-state index contributed by atoms with van der Waals surface area (Å²) >= 11 is 0. The maximum absolute atomic E-state index is 5.55. The Kier molecular flexibility index (Phi) is 1.86. The summed E-state index contributed by atoms with van der Waals surface area (Å²) < 4.78 is 4.89. The molecule has 1 fully saturated rings. The number of rotatable bonds is 3. The highest BCUT2D eigenvalue weighted by Crippen LogP contribution is 2.30. The van der Waals surface area contributed by atoms with Crippen molar-refractivity contribution in [3.8, 4) is 0 Å². The molecule has 0 heterocycles. The SMILES string of the molecule is COCCC1CC1N. The lowest BCUT2D eigenvalue weighted by Gasteiger charge is -1.93. The van der Waals surface area contributed by atoms with Crippen molar-refractivity contribution in [3.05, 3.63) is 0 Å². The van der Waals surface area contributed by atoms with Gasteiger partial charge in [-0.25, -0.2) is 0 Å². The average Bonchev–Trinajstić information content (AvgIpc) is 2.42. The first kappa shape index (κ1) is 6.05. The number of methoxy groups -OCH3 is 1. The minimum absolute atomic E-state index is 0.491. The summed E-state index contributed by atoms with van der Waals surface area (Å²) in [6, 6.07) is 0.491. The lowest BCUT2D eigenvalue weighted by Crippen LogP contribution is -2.03. The molecular formula is C6H13NO. The molecule has 0 spiro atoms. The summed E-state index contributed by atoms with van der Waals surface area (Å²) in [5, 5.41) is 0. The molecule has 0 amide bonds. The van der Waals surface area contributed by atoms with E-state index in [1.165, 1.54) is 6.42 Å². The van der Waals surface area contributed by atoms with Crippen LogP contribution in [0.1, 0.15) is 12.8 Å². The van der Waals surface area contributed by atoms with E-state index in [4.69, 9.17) is 10.5 Å². The molecule has 0 bridgehead atoms. The Hall–Kier alpha value is -0.0800. The molecule has 0 saturated heterocycles. The molecular weight excluding hydrogens is 102 g/mol. The Morgan fingerprint density at radius 1 is 1.75 bits per heavy atom. The molecule has 0 radical (unpaired) electrons. The second-order valence-electron chi connectivity index (χ2n) is 2.44. The van der Waals surface area contributed by atoms with Crippen LogP contribution in [0.25, 0.3) is 0 Å². The van der Waals surface area contributed by atoms with Crippen molar-refractivity contribution in [2.24, 2.45) is 11.7 Å². The van der Waals surface area contributed by atoms with Crippen LogP contribution in [0.4, 0.5) is 0 Å². The van der Waals surface area contributed by atoms with Gasteiger partial charge in [0.25, 0.3) is 0 Å². The molecule has 1 saturated carbocycles. The van der Waals surface area contributed by atoms with Crippen molar-refractivity contribution in [2.75, 3.05) is 13.7 Å². The molecule has 2 N–H and O–H groups in total. The zero-order valence-corrected chi connectivity index (χ0v) is 5.26. The second kappa shape index (κ2) is 2.46. The maximum Gasteiger partial charge on any atom is 0.0465 e. The summed E-state index contributed by atoms with van der Waals surface area (Å²) in [6.45, 7) is 0.873. The number of hydrogen-bond donors (Lipinski definition) is 1. The van der Waals surface area contributed by atoms with Crippen molar-refractivity contribution in [2.45, 2.75) is 18.9 Å². The molecule has 0 aromatic heterocycles. The number of nitrogens with two attached hydrogens (primary N) is 1. The predicted octanol–water partition coefficient (Wildman–Crippen LogP) is 0.370. The van der Waals surface area contributed by atoms with Crippen LogP contribution in [-0.4, -0.2) is 19.8 Å². The van der Waals surface area contributed by atoms with Gasteiger partial charge in [0.2, 0.25) is 0 Å². The molecule has 0 aromatic rings. The maximum atomic E-state index is 5.55. The van der Waals surface area contributed by atoms with E-state index in [1.807, 2.05) is 0 Å². The smallest absolute Gasteiger partial charge is 0.0465 e. The molecule has 1 aliphatic rings. The van der Waals surface area contributed by atoms with Crippen molar-refractivity contribution >= 4 is 0 Å². The molecule has 2 unspecified atom stereocenters. The highest BCUT2D eigenvalue weighted by molar-refractivity contribution is 4.89. The summed E-state index contributed by atoms with van der Waals surface area (Å²) in [6.07, 6.45) is 2.36. The van der Waals surface area contributed by atoms with E-state index in [1.54, 1.807) is 7.11 Å². The van der Waals surface area contributed by atoms with E-state index in [0.717, 1.165) is 18.9 Å². The van der Waals surface area contributed by atoms with Gasteiger partial charge in [0.15, 0.2) is 0 Å². The zero-order chi connectivity index (χ0) is 5.98. The number of hydrogen-bond acceptors (Lipinski definition) is 2. The van der Waals surface area contributed by atoms with Crippen LogP contribution in [-0.2, 0) is 4.74 Å². The van der Waals surface area contributed by atoms with Crippen LogP contribution in [0.15, 0.2) is 0 Å². The van der Waals surface area contributed by atoms with E-state index in [2.05, 4.69) is 0 Å². The Morgan fingerprint density at radius 3 is 2.75 bits per heavy atom. The van der Waals surface area contributed by atoms with Gasteiger partial charge < -0.3 is 10.5 Å². The summed E-state index contributed by atoms with van der Waals surface area (Å²) in [5.41, 5.74) is 5.55. The topological polar surface area (TPSA) is 35.2 Å². The van der Waals surface area contributed by atoms with Crippen molar-refractivity contribution in [1.29, 1.82) is 0 Å². The third-order valence-corrected chi connectivity index (χ3v) is 1.67. The molecule has 1 rings (SSSR count). The first-order chi connectivity index (χ1) is 3.84. The van der Waals surface area contributed by atoms with Gasteiger partial charge in [-0.2, -0.15) is 0 Å². The third kappa shape index (κ3) is 1.46. The zero-order valence-electron chi connectivity index (χ0n) is 5.26. The molecule has 0 aromatic carbocycles. The van der Waals surface area contributed by atoms with Crippen LogP contribution in [0.2, 0.25) is 0 Å². The van der Waals surface area contributed by atoms with Crippen LogP contribution >= 0.6 is 0 Å². The van der Waals surface area contributed by atoms with Crippen LogP contribution in [0, 0.1) is 5.92 Å². The van der Waals surface area contributed by atoms with Crippen LogP contribution in [0.5, 0.6) is 0 Å². The fourth-order valence-electron chi connectivity index (χ4n) is 0.872. The third-order valence-electron chi connectivity index (χ3n) is 1.67. The Morgan fingerprint density at radius 2 is 2.38 bits per heavy atom. The van der Waals surface area contributed by atoms with E-state index in [9.17, 15) is 0 Å². The second-order valence-corrected chi connectivity index (χ2v) is 2.44. The fourth-order valence-corrected chi connectivity index (χ4v) is 0.872. The standard InChI is InChI=1S/C6H13NO/c1-8-3-2-5-4-6(5)7/h5-6H,2-4,7H2,1H3. The van der Waals surface area contributed by atoms with Gasteiger partial charge in [-0.3, -0.25) is 0 Å². The van der Waals surface area contributed by atoms with Gasteiger partial charge in [0, 0.05) is 19.8 Å². The first-order valence-corrected chi connectivity index (χ1v) is 3.09. The van der Waals surface area contributed by atoms with Gasteiger partial charge >= 0.3 is 0 Å². The number of ether oxygens (including phenoxy) is 1. The molecule has 8 heavy (non-hydrogen) atoms. The van der Waals surface area contributed by atoms with E-state index >= 15 is 0 Å². The van der Waals surface area contributed by atoms with Crippen molar-refractivity contribution in [1.82, 2.24) is 0 Å². The molecule has 48 valence electrons. The monoisotopic (exact) mass is 115 g/mol. The Labute approximate surface area is 50.0 Å². The Bertz CT molecular complexity index is 74.9. The molecule has 2 heteroatoms. The van der Waals surface area contributed by atoms with Gasteiger partial charge in [-0.15, -0.1) is 0 Å². The molecule has 0 aliphatic heterocycles. The Balaban J connectivity index is 1.89. The normalized spacial score (nSPS) is 35.2. The summed E-state index contributed by atoms with van der Waals surface area (Å²) in [7, 11) is 1.73. The fraction of sp³-hybridized carbons (Fsp3) is 1.00. The minimum Gasteiger partial charge on any atom is -0.385 e. The van der Waals surface area contributed by atoms with Crippen LogP contribution in [0.3, 0.4) is 0 Å². The highest BCUT2D eigenvalue weighted by atomic mass is 16.5. The molecule has 2 nitrogen and oxygen atoms in total. The van der Waals surface area contributed by atoms with Gasteiger partial charge in [-0.1, -0.05) is 0 Å². The lowest BCUT2D eigenvalue weighted by molar-refractivity contribution is 0.189. The predicted molar refractivity (Wildman–Crippen MR) is 32.6 cm³/mol. The highest BCUT2D eigenvalue weighted by Gasteiger charge is 2.32. The molecule has 1 aliphatic carbocycles. The average molecular weight is 115 g/mol. The quantitative estimate of drug-likeness (QED) is 0.576. The summed E-state index contributed by atoms with van der Waals surface area (Å²) in [5.74, 6) is 0.773. The van der Waals surface area contributed by atoms with Crippen molar-refractivity contribution in [3.63, 3.8) is 0 Å². The van der Waals surface area contributed by atoms with E-state index < -0.39 is 0 Å². The summed E-state index contributed by atoms with van der Waals surface area (Å²) in [4.78, 5) is 0. The van der Waals surface area contributed by atoms with E-state index in [-0.39, 0.29) is 0 Å². The molecule has 2 atom stereocenters. The van der Waals surface area contributed by atoms with Gasteiger partial charge in [-0.05, 0) is 18.8 Å². The largest absolute Gasteiger partial charge is 0.385 e.